The zero-order chi connectivity index (χ0) is 13.3. The average molecular weight is 268 g/mol. The van der Waals surface area contributed by atoms with E-state index >= 15 is 0 Å². The van der Waals surface area contributed by atoms with Crippen molar-refractivity contribution < 1.29 is 13.2 Å². The summed E-state index contributed by atoms with van der Waals surface area (Å²) in [6.07, 6.45) is 1.89. The fraction of sp³-hybridized carbons (Fsp3) is 0.417. The molecule has 1 N–H and O–H groups in total. The number of benzene rings is 1. The molecule has 1 aliphatic carbocycles. The number of anilines is 1. The Labute approximate surface area is 107 Å². The fourth-order valence-corrected chi connectivity index (χ4v) is 2.41. The van der Waals surface area contributed by atoms with E-state index in [0.29, 0.717) is 5.69 Å². The smallest absolute Gasteiger partial charge is 0.242 e. The first kappa shape index (κ1) is 13.0. The maximum atomic E-state index is 11.8. The van der Waals surface area contributed by atoms with Crippen molar-refractivity contribution in [2.24, 2.45) is 5.92 Å². The summed E-state index contributed by atoms with van der Waals surface area (Å²) in [4.78, 5) is 11.7. The molecule has 0 aliphatic heterocycles. The van der Waals surface area contributed by atoms with Gasteiger partial charge in [-0.15, -0.1) is 0 Å². The van der Waals surface area contributed by atoms with Crippen LogP contribution >= 0.6 is 0 Å². The van der Waals surface area contributed by atoms with Gasteiger partial charge in [0.05, 0.1) is 4.90 Å². The number of nitrogens with one attached hydrogen (secondary N) is 1. The van der Waals surface area contributed by atoms with E-state index in [-0.39, 0.29) is 16.7 Å². The van der Waals surface area contributed by atoms with E-state index in [1.165, 1.54) is 26.2 Å². The molecule has 0 unspecified atom stereocenters. The van der Waals surface area contributed by atoms with Crippen molar-refractivity contribution in [1.82, 2.24) is 4.31 Å². The van der Waals surface area contributed by atoms with Gasteiger partial charge in [-0.2, -0.15) is 0 Å². The van der Waals surface area contributed by atoms with Crippen molar-refractivity contribution in [1.29, 1.82) is 0 Å². The van der Waals surface area contributed by atoms with Gasteiger partial charge in [0.15, 0.2) is 0 Å². The molecule has 5 nitrogen and oxygen atoms in total. The van der Waals surface area contributed by atoms with Crippen LogP contribution in [0.5, 0.6) is 0 Å². The van der Waals surface area contributed by atoms with Gasteiger partial charge in [0, 0.05) is 25.7 Å². The van der Waals surface area contributed by atoms with Crippen molar-refractivity contribution in [2.75, 3.05) is 19.4 Å². The van der Waals surface area contributed by atoms with Gasteiger partial charge in [-0.1, -0.05) is 0 Å². The van der Waals surface area contributed by atoms with Crippen LogP contribution in [0.4, 0.5) is 5.69 Å². The monoisotopic (exact) mass is 268 g/mol. The van der Waals surface area contributed by atoms with Crippen LogP contribution in [-0.2, 0) is 14.8 Å². The zero-order valence-corrected chi connectivity index (χ0v) is 11.2. The Kier molecular flexibility index (Phi) is 3.41. The van der Waals surface area contributed by atoms with Gasteiger partial charge >= 0.3 is 0 Å². The minimum Gasteiger partial charge on any atom is -0.326 e. The summed E-state index contributed by atoms with van der Waals surface area (Å²) in [6.45, 7) is 0. The second-order valence-electron chi connectivity index (χ2n) is 4.58. The van der Waals surface area contributed by atoms with E-state index < -0.39 is 10.0 Å². The molecule has 0 atom stereocenters. The lowest BCUT2D eigenvalue weighted by molar-refractivity contribution is -0.117. The van der Waals surface area contributed by atoms with Gasteiger partial charge < -0.3 is 5.32 Å². The zero-order valence-electron chi connectivity index (χ0n) is 10.4. The molecule has 1 saturated carbocycles. The Balaban J connectivity index is 2.12. The molecular weight excluding hydrogens is 252 g/mol. The molecule has 0 radical (unpaired) electrons. The summed E-state index contributed by atoms with van der Waals surface area (Å²) in [7, 11) is -0.437. The Hall–Kier alpha value is -1.40. The van der Waals surface area contributed by atoms with E-state index in [9.17, 15) is 13.2 Å². The van der Waals surface area contributed by atoms with Crippen LogP contribution < -0.4 is 5.32 Å². The number of carbonyl (C=O) groups is 1. The van der Waals surface area contributed by atoms with Gasteiger partial charge in [-0.3, -0.25) is 4.79 Å². The summed E-state index contributed by atoms with van der Waals surface area (Å²) >= 11 is 0. The normalized spacial score (nSPS) is 15.7. The Morgan fingerprint density at radius 3 is 2.22 bits per heavy atom. The molecule has 1 amide bonds. The second kappa shape index (κ2) is 4.70. The number of hydrogen-bond acceptors (Lipinski definition) is 3. The highest BCUT2D eigenvalue weighted by molar-refractivity contribution is 7.89. The standard InChI is InChI=1S/C12H16N2O3S/c1-14(2)18(16,17)11-7-5-10(6-8-11)13-12(15)9-3-4-9/h5-9H,3-4H2,1-2H3,(H,13,15). The summed E-state index contributed by atoms with van der Waals surface area (Å²) in [6, 6.07) is 6.21. The summed E-state index contributed by atoms with van der Waals surface area (Å²) in [5.74, 6) is 0.147. The largest absolute Gasteiger partial charge is 0.326 e. The molecule has 1 aromatic carbocycles. The molecule has 1 fully saturated rings. The topological polar surface area (TPSA) is 66.5 Å². The number of hydrogen-bond donors (Lipinski definition) is 1. The molecule has 1 aliphatic rings. The lowest BCUT2D eigenvalue weighted by Crippen LogP contribution is -2.22. The maximum Gasteiger partial charge on any atom is 0.242 e. The van der Waals surface area contributed by atoms with Gasteiger partial charge in [0.2, 0.25) is 15.9 Å². The van der Waals surface area contributed by atoms with E-state index in [4.69, 9.17) is 0 Å². The Bertz CT molecular complexity index is 545. The highest BCUT2D eigenvalue weighted by atomic mass is 32.2. The van der Waals surface area contributed by atoms with Crippen LogP contribution in [0.2, 0.25) is 0 Å². The van der Waals surface area contributed by atoms with E-state index in [1.807, 2.05) is 0 Å². The lowest BCUT2D eigenvalue weighted by atomic mass is 10.3. The van der Waals surface area contributed by atoms with E-state index in [2.05, 4.69) is 5.32 Å². The minimum absolute atomic E-state index is 0.0122. The van der Waals surface area contributed by atoms with Gasteiger partial charge in [-0.25, -0.2) is 12.7 Å². The van der Waals surface area contributed by atoms with Gasteiger partial charge in [0.25, 0.3) is 0 Å². The Morgan fingerprint density at radius 1 is 1.22 bits per heavy atom. The second-order valence-corrected chi connectivity index (χ2v) is 6.73. The van der Waals surface area contributed by atoms with Crippen LogP contribution in [0.1, 0.15) is 12.8 Å². The number of sulfonamides is 1. The molecule has 1 aromatic rings. The maximum absolute atomic E-state index is 11.8. The molecular formula is C12H16N2O3S. The highest BCUT2D eigenvalue weighted by Gasteiger charge is 2.29. The SMILES string of the molecule is CN(C)S(=O)(=O)c1ccc(NC(=O)C2CC2)cc1. The van der Waals surface area contributed by atoms with Crippen molar-refractivity contribution in [3.8, 4) is 0 Å². The summed E-state index contributed by atoms with van der Waals surface area (Å²) < 4.78 is 24.8. The van der Waals surface area contributed by atoms with Crippen LogP contribution in [-0.4, -0.2) is 32.7 Å². The van der Waals surface area contributed by atoms with Crippen LogP contribution in [0.25, 0.3) is 0 Å². The van der Waals surface area contributed by atoms with Gasteiger partial charge in [0.1, 0.15) is 0 Å². The highest BCUT2D eigenvalue weighted by Crippen LogP contribution is 2.30. The summed E-state index contributed by atoms with van der Waals surface area (Å²) in [5, 5.41) is 2.76. The van der Waals surface area contributed by atoms with Crippen LogP contribution in [0.3, 0.4) is 0 Å². The fourth-order valence-electron chi connectivity index (χ4n) is 1.51. The number of carbonyl (C=O) groups excluding carboxylic acids is 1. The number of amides is 1. The minimum atomic E-state index is -3.41. The Morgan fingerprint density at radius 2 is 1.78 bits per heavy atom. The molecule has 0 heterocycles. The van der Waals surface area contributed by atoms with Crippen molar-refractivity contribution in [2.45, 2.75) is 17.7 Å². The third-order valence-electron chi connectivity index (χ3n) is 2.85. The van der Waals surface area contributed by atoms with Gasteiger partial charge in [-0.05, 0) is 37.1 Å². The third kappa shape index (κ3) is 2.70. The number of nitrogens with zero attached hydrogens (tertiary/aromatic N) is 1. The molecule has 18 heavy (non-hydrogen) atoms. The van der Waals surface area contributed by atoms with Crippen molar-refractivity contribution >= 4 is 21.6 Å². The van der Waals surface area contributed by atoms with E-state index in [0.717, 1.165) is 17.1 Å². The first-order valence-corrected chi connectivity index (χ1v) is 7.19. The molecule has 0 aromatic heterocycles. The lowest BCUT2D eigenvalue weighted by Gasteiger charge is -2.11. The first-order chi connectivity index (χ1) is 8.41. The predicted octanol–water partition coefficient (Wildman–Crippen LogP) is 1.29. The first-order valence-electron chi connectivity index (χ1n) is 5.75. The quantitative estimate of drug-likeness (QED) is 0.894. The molecule has 98 valence electrons. The van der Waals surface area contributed by atoms with E-state index in [1.54, 1.807) is 12.1 Å². The average Bonchev–Trinajstić information content (AvgIpc) is 3.13. The predicted molar refractivity (Wildman–Crippen MR) is 68.7 cm³/mol. The van der Waals surface area contributed by atoms with Crippen molar-refractivity contribution in [3.63, 3.8) is 0 Å². The van der Waals surface area contributed by atoms with Crippen LogP contribution in [0, 0.1) is 5.92 Å². The molecule has 0 saturated heterocycles. The number of rotatable bonds is 4. The molecule has 0 spiro atoms. The summed E-state index contributed by atoms with van der Waals surface area (Å²) in [5.41, 5.74) is 0.629. The molecule has 0 bridgehead atoms. The molecule has 2 rings (SSSR count). The van der Waals surface area contributed by atoms with Crippen LogP contribution in [0.15, 0.2) is 29.2 Å². The third-order valence-corrected chi connectivity index (χ3v) is 4.68. The van der Waals surface area contributed by atoms with Crippen molar-refractivity contribution in [3.05, 3.63) is 24.3 Å². The molecule has 6 heteroatoms.